The zero-order valence-corrected chi connectivity index (χ0v) is 9.60. The molecule has 0 saturated carbocycles. The predicted octanol–water partition coefficient (Wildman–Crippen LogP) is 0.979. The highest BCUT2D eigenvalue weighted by atomic mass is 16.3. The number of anilines is 1. The third-order valence-corrected chi connectivity index (χ3v) is 3.02. The number of carbonyl (C=O) groups excluding carboxylic acids is 1. The molecule has 0 unspecified atom stereocenters. The summed E-state index contributed by atoms with van der Waals surface area (Å²) in [6.45, 7) is 3.78. The van der Waals surface area contributed by atoms with Crippen LogP contribution in [-0.2, 0) is 4.79 Å². The maximum atomic E-state index is 11.6. The second kappa shape index (κ2) is 4.04. The Morgan fingerprint density at radius 3 is 2.69 bits per heavy atom. The summed E-state index contributed by atoms with van der Waals surface area (Å²) in [7, 11) is 1.81. The van der Waals surface area contributed by atoms with Crippen molar-refractivity contribution in [2.75, 3.05) is 31.6 Å². The molecular weight excluding hydrogens is 204 g/mol. The van der Waals surface area contributed by atoms with Crippen LogP contribution in [0.25, 0.3) is 0 Å². The highest BCUT2D eigenvalue weighted by Crippen LogP contribution is 2.24. The van der Waals surface area contributed by atoms with E-state index in [2.05, 4.69) is 0 Å². The van der Waals surface area contributed by atoms with E-state index >= 15 is 0 Å². The first kappa shape index (κ1) is 10.8. The SMILES string of the molecule is Cc1ccc(N2CCN(C)C(=O)C2)cc1O. The number of aromatic hydroxyl groups is 1. The van der Waals surface area contributed by atoms with E-state index in [1.807, 2.05) is 31.0 Å². The summed E-state index contributed by atoms with van der Waals surface area (Å²) in [6, 6.07) is 5.52. The standard InChI is InChI=1S/C12H16N2O2/c1-9-3-4-10(7-11(9)15)14-6-5-13(2)12(16)8-14/h3-4,7,15H,5-6,8H2,1-2H3. The molecule has 1 aliphatic heterocycles. The fourth-order valence-electron chi connectivity index (χ4n) is 1.77. The van der Waals surface area contributed by atoms with E-state index in [1.54, 1.807) is 11.0 Å². The lowest BCUT2D eigenvalue weighted by Crippen LogP contribution is -2.48. The fraction of sp³-hybridized carbons (Fsp3) is 0.417. The van der Waals surface area contributed by atoms with E-state index in [9.17, 15) is 9.90 Å². The summed E-state index contributed by atoms with van der Waals surface area (Å²) < 4.78 is 0. The lowest BCUT2D eigenvalue weighted by molar-refractivity contribution is -0.129. The van der Waals surface area contributed by atoms with Crippen LogP contribution in [0.4, 0.5) is 5.69 Å². The molecule has 0 aliphatic carbocycles. The number of nitrogens with zero attached hydrogens (tertiary/aromatic N) is 2. The maximum Gasteiger partial charge on any atom is 0.241 e. The van der Waals surface area contributed by atoms with Gasteiger partial charge < -0.3 is 14.9 Å². The van der Waals surface area contributed by atoms with Gasteiger partial charge in [-0.25, -0.2) is 0 Å². The van der Waals surface area contributed by atoms with Crippen LogP contribution in [-0.4, -0.2) is 42.6 Å². The number of phenolic OH excluding ortho intramolecular Hbond substituents is 1. The van der Waals surface area contributed by atoms with Crippen molar-refractivity contribution in [2.24, 2.45) is 0 Å². The van der Waals surface area contributed by atoms with Gasteiger partial charge in [-0.2, -0.15) is 0 Å². The number of carbonyl (C=O) groups is 1. The summed E-state index contributed by atoms with van der Waals surface area (Å²) >= 11 is 0. The van der Waals surface area contributed by atoms with Gasteiger partial charge in [0.2, 0.25) is 5.91 Å². The fourth-order valence-corrected chi connectivity index (χ4v) is 1.77. The van der Waals surface area contributed by atoms with E-state index < -0.39 is 0 Å². The number of benzene rings is 1. The molecule has 1 aromatic carbocycles. The molecule has 0 aromatic heterocycles. The van der Waals surface area contributed by atoms with E-state index in [1.165, 1.54) is 0 Å². The second-order valence-electron chi connectivity index (χ2n) is 4.21. The Morgan fingerprint density at radius 1 is 1.31 bits per heavy atom. The summed E-state index contributed by atoms with van der Waals surface area (Å²) in [6.07, 6.45) is 0. The van der Waals surface area contributed by atoms with Crippen molar-refractivity contribution in [3.63, 3.8) is 0 Å². The monoisotopic (exact) mass is 220 g/mol. The Bertz CT molecular complexity index is 417. The van der Waals surface area contributed by atoms with Gasteiger partial charge in [0, 0.05) is 31.9 Å². The van der Waals surface area contributed by atoms with Crippen molar-refractivity contribution in [3.05, 3.63) is 23.8 Å². The minimum absolute atomic E-state index is 0.117. The number of hydrogen-bond donors (Lipinski definition) is 1. The van der Waals surface area contributed by atoms with Crippen LogP contribution in [0, 0.1) is 6.92 Å². The van der Waals surface area contributed by atoms with Gasteiger partial charge in [-0.05, 0) is 18.6 Å². The van der Waals surface area contributed by atoms with Crippen molar-refractivity contribution in [3.8, 4) is 5.75 Å². The highest BCUT2D eigenvalue weighted by Gasteiger charge is 2.21. The molecular formula is C12H16N2O2. The van der Waals surface area contributed by atoms with Crippen molar-refractivity contribution in [1.29, 1.82) is 0 Å². The summed E-state index contributed by atoms with van der Waals surface area (Å²) in [5.74, 6) is 0.398. The van der Waals surface area contributed by atoms with Crippen LogP contribution >= 0.6 is 0 Å². The van der Waals surface area contributed by atoms with Gasteiger partial charge >= 0.3 is 0 Å². The van der Waals surface area contributed by atoms with E-state index in [-0.39, 0.29) is 11.7 Å². The average Bonchev–Trinajstić information content (AvgIpc) is 2.26. The minimum Gasteiger partial charge on any atom is -0.508 e. The Labute approximate surface area is 95.1 Å². The zero-order chi connectivity index (χ0) is 11.7. The van der Waals surface area contributed by atoms with Crippen molar-refractivity contribution < 1.29 is 9.90 Å². The minimum atomic E-state index is 0.117. The van der Waals surface area contributed by atoms with E-state index in [4.69, 9.17) is 0 Å². The van der Waals surface area contributed by atoms with Gasteiger partial charge in [-0.3, -0.25) is 4.79 Å². The van der Waals surface area contributed by atoms with E-state index in [0.717, 1.165) is 24.3 Å². The van der Waals surface area contributed by atoms with Gasteiger partial charge in [0.1, 0.15) is 5.75 Å². The quantitative estimate of drug-likeness (QED) is 0.767. The molecule has 0 bridgehead atoms. The molecule has 1 heterocycles. The molecule has 0 spiro atoms. The first-order valence-corrected chi connectivity index (χ1v) is 5.36. The Balaban J connectivity index is 2.18. The van der Waals surface area contributed by atoms with Gasteiger partial charge in [0.25, 0.3) is 0 Å². The van der Waals surface area contributed by atoms with Crippen LogP contribution < -0.4 is 4.90 Å². The smallest absolute Gasteiger partial charge is 0.241 e. The molecule has 86 valence electrons. The zero-order valence-electron chi connectivity index (χ0n) is 9.60. The van der Waals surface area contributed by atoms with Crippen molar-refractivity contribution in [2.45, 2.75) is 6.92 Å². The molecule has 0 atom stereocenters. The number of phenols is 1. The number of likely N-dealkylation sites (N-methyl/N-ethyl adjacent to an activating group) is 1. The molecule has 2 rings (SSSR count). The van der Waals surface area contributed by atoms with Gasteiger partial charge in [-0.15, -0.1) is 0 Å². The van der Waals surface area contributed by atoms with Gasteiger partial charge in [0.05, 0.1) is 6.54 Å². The molecule has 4 heteroatoms. The largest absolute Gasteiger partial charge is 0.508 e. The van der Waals surface area contributed by atoms with Crippen LogP contribution in [0.3, 0.4) is 0 Å². The lowest BCUT2D eigenvalue weighted by Gasteiger charge is -2.33. The third-order valence-electron chi connectivity index (χ3n) is 3.02. The molecule has 0 radical (unpaired) electrons. The van der Waals surface area contributed by atoms with Gasteiger partial charge in [-0.1, -0.05) is 6.07 Å². The van der Waals surface area contributed by atoms with Crippen LogP contribution in [0.5, 0.6) is 5.75 Å². The van der Waals surface area contributed by atoms with Crippen molar-refractivity contribution in [1.82, 2.24) is 4.90 Å². The molecule has 1 aliphatic rings. The number of hydrogen-bond acceptors (Lipinski definition) is 3. The first-order valence-electron chi connectivity index (χ1n) is 5.36. The predicted molar refractivity (Wildman–Crippen MR) is 62.7 cm³/mol. The topological polar surface area (TPSA) is 43.8 Å². The molecule has 16 heavy (non-hydrogen) atoms. The normalized spacial score (nSPS) is 16.8. The molecule has 1 saturated heterocycles. The molecule has 1 N–H and O–H groups in total. The molecule has 1 fully saturated rings. The number of aryl methyl sites for hydroxylation is 1. The van der Waals surface area contributed by atoms with Crippen LogP contribution in [0.2, 0.25) is 0 Å². The van der Waals surface area contributed by atoms with Gasteiger partial charge in [0.15, 0.2) is 0 Å². The summed E-state index contributed by atoms with van der Waals surface area (Å²) in [5.41, 5.74) is 1.76. The number of piperazine rings is 1. The first-order chi connectivity index (χ1) is 7.58. The summed E-state index contributed by atoms with van der Waals surface area (Å²) in [4.78, 5) is 15.3. The van der Waals surface area contributed by atoms with E-state index in [0.29, 0.717) is 6.54 Å². The highest BCUT2D eigenvalue weighted by molar-refractivity contribution is 5.82. The Kier molecular flexibility index (Phi) is 2.73. The second-order valence-corrected chi connectivity index (χ2v) is 4.21. The molecule has 1 amide bonds. The maximum absolute atomic E-state index is 11.6. The van der Waals surface area contributed by atoms with Crippen LogP contribution in [0.15, 0.2) is 18.2 Å². The average molecular weight is 220 g/mol. The Hall–Kier alpha value is -1.71. The van der Waals surface area contributed by atoms with Crippen molar-refractivity contribution >= 4 is 11.6 Å². The third kappa shape index (κ3) is 1.96. The Morgan fingerprint density at radius 2 is 2.06 bits per heavy atom. The molecule has 4 nitrogen and oxygen atoms in total. The molecule has 1 aromatic rings. The number of amides is 1. The summed E-state index contributed by atoms with van der Waals surface area (Å²) in [5, 5.41) is 9.63. The lowest BCUT2D eigenvalue weighted by atomic mass is 10.2. The van der Waals surface area contributed by atoms with Crippen LogP contribution in [0.1, 0.15) is 5.56 Å². The number of rotatable bonds is 1.